The number of nitrogens with two attached hydrogens (primary N) is 1. The van der Waals surface area contributed by atoms with Gasteiger partial charge in [-0.15, -0.1) is 0 Å². The minimum atomic E-state index is -0.399. The molecule has 1 aromatic rings. The van der Waals surface area contributed by atoms with Crippen molar-refractivity contribution in [2.24, 2.45) is 5.73 Å². The zero-order valence-electron chi connectivity index (χ0n) is 11.2. The molecule has 0 fully saturated rings. The Morgan fingerprint density at radius 2 is 2.00 bits per heavy atom. The molecular weight excluding hydrogens is 233 g/mol. The minimum absolute atomic E-state index is 0.236. The molecule has 1 rings (SSSR count). The van der Waals surface area contributed by atoms with Crippen molar-refractivity contribution < 1.29 is 13.9 Å². The van der Waals surface area contributed by atoms with Crippen LogP contribution in [0.25, 0.3) is 0 Å². The van der Waals surface area contributed by atoms with E-state index in [9.17, 15) is 4.39 Å². The topological polar surface area (TPSA) is 44.5 Å². The lowest BCUT2D eigenvalue weighted by molar-refractivity contribution is 0.299. The normalized spacial score (nSPS) is 10.4. The Morgan fingerprint density at radius 1 is 1.22 bits per heavy atom. The Hall–Kier alpha value is -1.29. The molecule has 0 aromatic heterocycles. The van der Waals surface area contributed by atoms with Crippen LogP contribution in [0.5, 0.6) is 11.5 Å². The summed E-state index contributed by atoms with van der Waals surface area (Å²) in [6.45, 7) is 3.24. The second kappa shape index (κ2) is 7.93. The van der Waals surface area contributed by atoms with Crippen LogP contribution in [0.1, 0.15) is 31.7 Å². The van der Waals surface area contributed by atoms with Gasteiger partial charge in [0.2, 0.25) is 0 Å². The lowest BCUT2D eigenvalue weighted by Crippen LogP contribution is -2.07. The van der Waals surface area contributed by atoms with Crippen LogP contribution in [0.3, 0.4) is 0 Å². The maximum atomic E-state index is 13.6. The Morgan fingerprint density at radius 3 is 2.61 bits per heavy atom. The van der Waals surface area contributed by atoms with Gasteiger partial charge in [0.05, 0.1) is 13.7 Å². The van der Waals surface area contributed by atoms with E-state index in [1.165, 1.54) is 13.2 Å². The highest BCUT2D eigenvalue weighted by atomic mass is 19.1. The van der Waals surface area contributed by atoms with Crippen molar-refractivity contribution in [3.8, 4) is 11.5 Å². The first-order valence-electron chi connectivity index (χ1n) is 6.42. The highest BCUT2D eigenvalue weighted by molar-refractivity contribution is 5.41. The number of benzene rings is 1. The molecule has 0 bridgehead atoms. The van der Waals surface area contributed by atoms with E-state index >= 15 is 0 Å². The fourth-order valence-electron chi connectivity index (χ4n) is 1.75. The second-order valence-electron chi connectivity index (χ2n) is 4.19. The molecule has 0 aliphatic heterocycles. The Labute approximate surface area is 108 Å². The molecule has 0 aliphatic carbocycles. The van der Waals surface area contributed by atoms with Gasteiger partial charge in [-0.05, 0) is 31.0 Å². The Bertz CT molecular complexity index is 369. The fourth-order valence-corrected chi connectivity index (χ4v) is 1.75. The number of hydrogen-bond donors (Lipinski definition) is 1. The van der Waals surface area contributed by atoms with Gasteiger partial charge in [-0.2, -0.15) is 0 Å². The van der Waals surface area contributed by atoms with Gasteiger partial charge in [0.25, 0.3) is 0 Å². The predicted molar refractivity (Wildman–Crippen MR) is 70.7 cm³/mol. The summed E-state index contributed by atoms with van der Waals surface area (Å²) in [5.74, 6) is 0.415. The van der Waals surface area contributed by atoms with Gasteiger partial charge in [0.15, 0.2) is 11.6 Å². The molecule has 0 saturated heterocycles. The van der Waals surface area contributed by atoms with Crippen LogP contribution in [0.4, 0.5) is 4.39 Å². The molecule has 1 aromatic carbocycles. The van der Waals surface area contributed by atoms with Gasteiger partial charge >= 0.3 is 0 Å². The average molecular weight is 255 g/mol. The highest BCUT2D eigenvalue weighted by Gasteiger charge is 2.11. The van der Waals surface area contributed by atoms with Crippen molar-refractivity contribution in [2.45, 2.75) is 32.6 Å². The van der Waals surface area contributed by atoms with Gasteiger partial charge < -0.3 is 15.2 Å². The van der Waals surface area contributed by atoms with Crippen molar-refractivity contribution in [3.63, 3.8) is 0 Å². The molecule has 0 amide bonds. The van der Waals surface area contributed by atoms with Crippen molar-refractivity contribution in [2.75, 3.05) is 20.3 Å². The summed E-state index contributed by atoms with van der Waals surface area (Å²) in [5, 5.41) is 0. The van der Waals surface area contributed by atoms with Gasteiger partial charge in [0, 0.05) is 6.07 Å². The summed E-state index contributed by atoms with van der Waals surface area (Å²) in [6, 6.07) is 3.05. The molecule has 18 heavy (non-hydrogen) atoms. The number of halogens is 1. The third kappa shape index (κ3) is 4.18. The van der Waals surface area contributed by atoms with Crippen LogP contribution in [0.2, 0.25) is 0 Å². The molecule has 102 valence electrons. The van der Waals surface area contributed by atoms with Crippen LogP contribution in [0, 0.1) is 5.82 Å². The zero-order chi connectivity index (χ0) is 13.4. The second-order valence-corrected chi connectivity index (χ2v) is 4.19. The SMILES string of the molecule is CCCCCOc1cc(F)c(OC)cc1CCN. The first kappa shape index (κ1) is 14.8. The summed E-state index contributed by atoms with van der Waals surface area (Å²) >= 11 is 0. The van der Waals surface area contributed by atoms with Gasteiger partial charge in [-0.3, -0.25) is 0 Å². The summed E-state index contributed by atoms with van der Waals surface area (Å²) in [7, 11) is 1.45. The first-order valence-corrected chi connectivity index (χ1v) is 6.42. The molecule has 0 unspecified atom stereocenters. The van der Waals surface area contributed by atoms with Crippen LogP contribution in [0.15, 0.2) is 12.1 Å². The van der Waals surface area contributed by atoms with Crippen molar-refractivity contribution in [3.05, 3.63) is 23.5 Å². The molecule has 2 N–H and O–H groups in total. The van der Waals surface area contributed by atoms with E-state index in [1.807, 2.05) is 0 Å². The zero-order valence-corrected chi connectivity index (χ0v) is 11.2. The molecule has 0 saturated carbocycles. The molecule has 0 radical (unpaired) electrons. The van der Waals surface area contributed by atoms with Crippen LogP contribution >= 0.6 is 0 Å². The molecular formula is C14H22FNO2. The molecule has 4 heteroatoms. The van der Waals surface area contributed by atoms with E-state index in [1.54, 1.807) is 6.07 Å². The molecule has 0 atom stereocenters. The Kier molecular flexibility index (Phi) is 6.50. The average Bonchev–Trinajstić information content (AvgIpc) is 2.37. The molecule has 0 heterocycles. The van der Waals surface area contributed by atoms with Crippen molar-refractivity contribution in [1.29, 1.82) is 0 Å². The summed E-state index contributed by atoms with van der Waals surface area (Å²) in [5.41, 5.74) is 6.44. The third-order valence-electron chi connectivity index (χ3n) is 2.75. The van der Waals surface area contributed by atoms with E-state index in [2.05, 4.69) is 6.92 Å². The number of rotatable bonds is 8. The van der Waals surface area contributed by atoms with Gasteiger partial charge in [-0.25, -0.2) is 4.39 Å². The van der Waals surface area contributed by atoms with E-state index in [0.717, 1.165) is 24.8 Å². The summed E-state index contributed by atoms with van der Waals surface area (Å²) in [6.07, 6.45) is 3.88. The van der Waals surface area contributed by atoms with Gasteiger partial charge in [-0.1, -0.05) is 19.8 Å². The maximum absolute atomic E-state index is 13.6. The number of unbranched alkanes of at least 4 members (excludes halogenated alkanes) is 2. The van der Waals surface area contributed by atoms with Crippen LogP contribution in [-0.2, 0) is 6.42 Å². The number of ether oxygens (including phenoxy) is 2. The lowest BCUT2D eigenvalue weighted by Gasteiger charge is -2.13. The number of hydrogen-bond acceptors (Lipinski definition) is 3. The standard InChI is InChI=1S/C14H22FNO2/c1-3-4-5-8-18-13-10-12(15)14(17-2)9-11(13)6-7-16/h9-10H,3-8,16H2,1-2H3. The molecule has 0 spiro atoms. The first-order chi connectivity index (χ1) is 8.72. The third-order valence-corrected chi connectivity index (χ3v) is 2.75. The predicted octanol–water partition coefficient (Wildman–Crippen LogP) is 2.90. The van der Waals surface area contributed by atoms with E-state index in [0.29, 0.717) is 25.3 Å². The van der Waals surface area contributed by atoms with Crippen molar-refractivity contribution in [1.82, 2.24) is 0 Å². The summed E-state index contributed by atoms with van der Waals surface area (Å²) in [4.78, 5) is 0. The minimum Gasteiger partial charge on any atom is -0.494 e. The van der Waals surface area contributed by atoms with E-state index in [4.69, 9.17) is 15.2 Å². The molecule has 3 nitrogen and oxygen atoms in total. The van der Waals surface area contributed by atoms with Crippen molar-refractivity contribution >= 4 is 0 Å². The lowest BCUT2D eigenvalue weighted by atomic mass is 10.1. The molecule has 0 aliphatic rings. The van der Waals surface area contributed by atoms with E-state index < -0.39 is 5.82 Å². The maximum Gasteiger partial charge on any atom is 0.168 e. The fraction of sp³-hybridized carbons (Fsp3) is 0.571. The van der Waals surface area contributed by atoms with Crippen LogP contribution < -0.4 is 15.2 Å². The largest absolute Gasteiger partial charge is 0.494 e. The van der Waals surface area contributed by atoms with E-state index in [-0.39, 0.29) is 5.75 Å². The smallest absolute Gasteiger partial charge is 0.168 e. The monoisotopic (exact) mass is 255 g/mol. The summed E-state index contributed by atoms with van der Waals surface area (Å²) < 4.78 is 24.2. The number of methoxy groups -OCH3 is 1. The Balaban J connectivity index is 2.77. The van der Waals surface area contributed by atoms with Crippen LogP contribution in [-0.4, -0.2) is 20.3 Å². The van der Waals surface area contributed by atoms with Gasteiger partial charge in [0.1, 0.15) is 5.75 Å². The highest BCUT2D eigenvalue weighted by Crippen LogP contribution is 2.28. The quantitative estimate of drug-likeness (QED) is 0.726.